The number of ether oxygens (including phenoxy) is 1. The predicted octanol–water partition coefficient (Wildman–Crippen LogP) is 3.91. The molecule has 8 heteroatoms. The molecule has 4 aromatic rings. The zero-order valence-corrected chi connectivity index (χ0v) is 16.1. The lowest BCUT2D eigenvalue weighted by Crippen LogP contribution is -2.09. The van der Waals surface area contributed by atoms with Crippen LogP contribution >= 0.6 is 0 Å². The molecule has 2 aromatic carbocycles. The van der Waals surface area contributed by atoms with Crippen molar-refractivity contribution in [3.63, 3.8) is 0 Å². The number of benzene rings is 2. The monoisotopic (exact) mass is 394 g/mol. The molecule has 0 aliphatic carbocycles. The van der Waals surface area contributed by atoms with Crippen LogP contribution in [-0.4, -0.2) is 31.8 Å². The summed E-state index contributed by atoms with van der Waals surface area (Å²) in [6.45, 7) is 0. The van der Waals surface area contributed by atoms with E-state index in [1.165, 1.54) is 7.11 Å². The summed E-state index contributed by atoms with van der Waals surface area (Å²) < 4.78 is 30.9. The zero-order chi connectivity index (χ0) is 19.7. The maximum Gasteiger partial charge on any atom is 0.229 e. The molecule has 0 aliphatic rings. The normalized spacial score (nSPS) is 11.5. The Morgan fingerprint density at radius 2 is 1.79 bits per heavy atom. The van der Waals surface area contributed by atoms with Crippen molar-refractivity contribution in [2.24, 2.45) is 0 Å². The highest BCUT2D eigenvalue weighted by molar-refractivity contribution is 7.92. The predicted molar refractivity (Wildman–Crippen MR) is 112 cm³/mol. The van der Waals surface area contributed by atoms with Crippen LogP contribution in [-0.2, 0) is 10.0 Å². The van der Waals surface area contributed by atoms with Crippen LogP contribution in [0.25, 0.3) is 21.8 Å². The van der Waals surface area contributed by atoms with Crippen molar-refractivity contribution in [3.8, 4) is 5.75 Å². The Morgan fingerprint density at radius 3 is 2.57 bits per heavy atom. The highest BCUT2D eigenvalue weighted by Gasteiger charge is 2.13. The van der Waals surface area contributed by atoms with E-state index in [2.05, 4.69) is 20.0 Å². The maximum absolute atomic E-state index is 11.5. The molecule has 4 rings (SSSR count). The Morgan fingerprint density at radius 1 is 1.00 bits per heavy atom. The molecule has 7 nitrogen and oxygen atoms in total. The van der Waals surface area contributed by atoms with Gasteiger partial charge < -0.3 is 10.1 Å². The summed E-state index contributed by atoms with van der Waals surface area (Å²) in [4.78, 5) is 8.83. The van der Waals surface area contributed by atoms with Gasteiger partial charge in [-0.1, -0.05) is 18.2 Å². The van der Waals surface area contributed by atoms with E-state index in [4.69, 9.17) is 4.74 Å². The second-order valence-corrected chi connectivity index (χ2v) is 8.06. The smallest absolute Gasteiger partial charge is 0.229 e. The molecular weight excluding hydrogens is 376 g/mol. The lowest BCUT2D eigenvalue weighted by Gasteiger charge is -2.16. The third-order valence-electron chi connectivity index (χ3n) is 4.25. The Kier molecular flexibility index (Phi) is 4.48. The van der Waals surface area contributed by atoms with E-state index in [9.17, 15) is 8.42 Å². The number of hydrogen-bond donors (Lipinski definition) is 2. The fraction of sp³-hybridized carbons (Fsp3) is 0.100. The van der Waals surface area contributed by atoms with Crippen LogP contribution in [0.15, 0.2) is 60.9 Å². The molecule has 0 spiro atoms. The number of pyridine rings is 2. The lowest BCUT2D eigenvalue weighted by atomic mass is 10.1. The van der Waals surface area contributed by atoms with Gasteiger partial charge in [-0.3, -0.25) is 9.71 Å². The van der Waals surface area contributed by atoms with Crippen molar-refractivity contribution < 1.29 is 13.2 Å². The molecule has 28 heavy (non-hydrogen) atoms. The van der Waals surface area contributed by atoms with E-state index in [-0.39, 0.29) is 0 Å². The van der Waals surface area contributed by atoms with Gasteiger partial charge in [-0.05, 0) is 24.3 Å². The number of aromatic nitrogens is 2. The number of nitrogens with one attached hydrogen (secondary N) is 2. The van der Waals surface area contributed by atoms with E-state index < -0.39 is 10.0 Å². The van der Waals surface area contributed by atoms with Gasteiger partial charge in [-0.25, -0.2) is 13.4 Å². The number of para-hydroxylation sites is 1. The number of sulfonamides is 1. The summed E-state index contributed by atoms with van der Waals surface area (Å²) in [5.41, 5.74) is 3.64. The average molecular weight is 394 g/mol. The van der Waals surface area contributed by atoms with Crippen LogP contribution in [0.1, 0.15) is 0 Å². The molecule has 2 aromatic heterocycles. The number of rotatable bonds is 5. The first-order valence-electron chi connectivity index (χ1n) is 8.50. The van der Waals surface area contributed by atoms with Crippen molar-refractivity contribution >= 4 is 48.9 Å². The molecule has 0 aliphatic heterocycles. The molecule has 2 heterocycles. The summed E-state index contributed by atoms with van der Waals surface area (Å²) in [6.07, 6.45) is 4.55. The molecule has 0 saturated carbocycles. The minimum atomic E-state index is -3.37. The van der Waals surface area contributed by atoms with E-state index >= 15 is 0 Å². The van der Waals surface area contributed by atoms with Gasteiger partial charge in [-0.15, -0.1) is 0 Å². The largest absolute Gasteiger partial charge is 0.494 e. The number of hydrogen-bond acceptors (Lipinski definition) is 6. The molecule has 0 unspecified atom stereocenters. The molecule has 0 saturated heterocycles. The summed E-state index contributed by atoms with van der Waals surface area (Å²) >= 11 is 0. The van der Waals surface area contributed by atoms with Gasteiger partial charge in [0.25, 0.3) is 0 Å². The Bertz CT molecular complexity index is 1240. The van der Waals surface area contributed by atoms with Gasteiger partial charge >= 0.3 is 0 Å². The number of methoxy groups -OCH3 is 1. The van der Waals surface area contributed by atoms with Gasteiger partial charge in [0.15, 0.2) is 0 Å². The van der Waals surface area contributed by atoms with Crippen molar-refractivity contribution in [3.05, 3.63) is 60.9 Å². The molecule has 2 N–H and O–H groups in total. The van der Waals surface area contributed by atoms with Crippen molar-refractivity contribution in [2.45, 2.75) is 0 Å². The van der Waals surface area contributed by atoms with Crippen molar-refractivity contribution in [1.29, 1.82) is 0 Å². The molecular formula is C20H18N4O3S. The van der Waals surface area contributed by atoms with E-state index in [0.717, 1.165) is 33.7 Å². The summed E-state index contributed by atoms with van der Waals surface area (Å²) in [5.74, 6) is 0.511. The fourth-order valence-corrected chi connectivity index (χ4v) is 3.64. The molecule has 0 fully saturated rings. The van der Waals surface area contributed by atoms with Crippen LogP contribution in [0, 0.1) is 0 Å². The van der Waals surface area contributed by atoms with Crippen LogP contribution < -0.4 is 14.8 Å². The molecule has 142 valence electrons. The number of nitrogens with zero attached hydrogens (tertiary/aromatic N) is 2. The Hall–Kier alpha value is -3.39. The Balaban J connectivity index is 1.85. The standard InChI is InChI=1S/C20H18N4O3S/c1-27-19-11-13(24-28(2,25)26)7-8-17(19)23-20-14-5-3-4-6-16(14)22-18-12-21-10-9-15(18)20/h3-12,24H,1-2H3,(H,22,23). The van der Waals surface area contributed by atoms with E-state index in [0.29, 0.717) is 17.1 Å². The van der Waals surface area contributed by atoms with E-state index in [1.807, 2.05) is 30.3 Å². The van der Waals surface area contributed by atoms with Crippen molar-refractivity contribution in [2.75, 3.05) is 23.4 Å². The molecule has 0 amide bonds. The first-order valence-corrected chi connectivity index (χ1v) is 10.4. The van der Waals surface area contributed by atoms with Gasteiger partial charge in [0.05, 0.1) is 47.7 Å². The van der Waals surface area contributed by atoms with Crippen molar-refractivity contribution in [1.82, 2.24) is 9.97 Å². The van der Waals surface area contributed by atoms with Gasteiger partial charge in [-0.2, -0.15) is 0 Å². The molecule has 0 radical (unpaired) electrons. The van der Waals surface area contributed by atoms with Crippen LogP contribution in [0.4, 0.5) is 17.1 Å². The molecule has 0 atom stereocenters. The third-order valence-corrected chi connectivity index (χ3v) is 4.85. The summed E-state index contributed by atoms with van der Waals surface area (Å²) in [5, 5.41) is 5.31. The first-order chi connectivity index (χ1) is 13.4. The highest BCUT2D eigenvalue weighted by Crippen LogP contribution is 2.36. The van der Waals surface area contributed by atoms with E-state index in [1.54, 1.807) is 30.6 Å². The molecule has 0 bridgehead atoms. The first kappa shape index (κ1) is 18.0. The topological polar surface area (TPSA) is 93.2 Å². The average Bonchev–Trinajstić information content (AvgIpc) is 2.67. The number of anilines is 3. The summed E-state index contributed by atoms with van der Waals surface area (Å²) in [7, 11) is -1.83. The maximum atomic E-state index is 11.5. The minimum Gasteiger partial charge on any atom is -0.494 e. The second kappa shape index (κ2) is 6.97. The quantitative estimate of drug-likeness (QED) is 0.499. The van der Waals surface area contributed by atoms with Crippen LogP contribution in [0.3, 0.4) is 0 Å². The minimum absolute atomic E-state index is 0.429. The Labute approximate surface area is 162 Å². The van der Waals surface area contributed by atoms with Crippen LogP contribution in [0.5, 0.6) is 5.75 Å². The van der Waals surface area contributed by atoms with Gasteiger partial charge in [0, 0.05) is 23.0 Å². The van der Waals surface area contributed by atoms with Gasteiger partial charge in [0.2, 0.25) is 10.0 Å². The van der Waals surface area contributed by atoms with Crippen LogP contribution in [0.2, 0.25) is 0 Å². The van der Waals surface area contributed by atoms with Gasteiger partial charge in [0.1, 0.15) is 5.75 Å². The highest BCUT2D eigenvalue weighted by atomic mass is 32.2. The fourth-order valence-electron chi connectivity index (χ4n) is 3.09. The third kappa shape index (κ3) is 3.54. The zero-order valence-electron chi connectivity index (χ0n) is 15.3. The SMILES string of the molecule is COc1cc(NS(C)(=O)=O)ccc1Nc1c2ccccc2nc2cnccc12. The second-order valence-electron chi connectivity index (χ2n) is 6.31. The summed E-state index contributed by atoms with van der Waals surface area (Å²) in [6, 6.07) is 14.8. The number of fused-ring (bicyclic) bond motifs is 2. The lowest BCUT2D eigenvalue weighted by molar-refractivity contribution is 0.417.